The van der Waals surface area contributed by atoms with Crippen molar-refractivity contribution in [2.24, 2.45) is 0 Å². The van der Waals surface area contributed by atoms with Crippen molar-refractivity contribution >= 4 is 28.3 Å². The molecule has 1 saturated heterocycles. The molecule has 1 atom stereocenters. The van der Waals surface area contributed by atoms with Crippen LogP contribution in [0.2, 0.25) is 0 Å². The number of amides is 2. The number of carbonyl (C=O) groups is 2. The van der Waals surface area contributed by atoms with E-state index in [1.54, 1.807) is 18.2 Å². The van der Waals surface area contributed by atoms with E-state index in [1.807, 2.05) is 36.4 Å². The molecule has 0 unspecified atom stereocenters. The molecule has 130 valence electrons. The molecule has 1 fully saturated rings. The second kappa shape index (κ2) is 6.59. The van der Waals surface area contributed by atoms with E-state index in [4.69, 9.17) is 0 Å². The van der Waals surface area contributed by atoms with Crippen LogP contribution in [0.4, 0.5) is 10.1 Å². The van der Waals surface area contributed by atoms with Crippen molar-refractivity contribution in [2.45, 2.75) is 12.5 Å². The number of anilines is 1. The van der Waals surface area contributed by atoms with E-state index in [2.05, 4.69) is 5.32 Å². The van der Waals surface area contributed by atoms with E-state index in [9.17, 15) is 14.0 Å². The van der Waals surface area contributed by atoms with Crippen LogP contribution in [0.25, 0.3) is 10.8 Å². The van der Waals surface area contributed by atoms with Crippen molar-refractivity contribution in [3.05, 3.63) is 78.1 Å². The molecule has 0 radical (unpaired) electrons. The lowest BCUT2D eigenvalue weighted by Crippen LogP contribution is -2.37. The van der Waals surface area contributed by atoms with Gasteiger partial charge in [-0.3, -0.25) is 9.59 Å². The van der Waals surface area contributed by atoms with Crippen molar-refractivity contribution < 1.29 is 14.0 Å². The van der Waals surface area contributed by atoms with Crippen molar-refractivity contribution in [1.82, 2.24) is 5.32 Å². The Morgan fingerprint density at radius 2 is 1.81 bits per heavy atom. The number of fused-ring (bicyclic) bond motifs is 1. The molecule has 26 heavy (non-hydrogen) atoms. The standard InChI is InChI=1S/C21H17FN2O2/c22-15-7-4-8-17(11-15)24-13-16(12-20(24)25)23-21(26)19-10-3-6-14-5-1-2-9-18(14)19/h1-11,16H,12-13H2,(H,23,26)/t16-/m1/s1. The Morgan fingerprint density at radius 3 is 2.65 bits per heavy atom. The van der Waals surface area contributed by atoms with Crippen LogP contribution in [0.3, 0.4) is 0 Å². The molecule has 5 heteroatoms. The maximum absolute atomic E-state index is 13.4. The van der Waals surface area contributed by atoms with Crippen LogP contribution in [0.15, 0.2) is 66.7 Å². The number of benzene rings is 3. The maximum Gasteiger partial charge on any atom is 0.252 e. The van der Waals surface area contributed by atoms with Crippen LogP contribution >= 0.6 is 0 Å². The van der Waals surface area contributed by atoms with Crippen molar-refractivity contribution in [3.63, 3.8) is 0 Å². The Morgan fingerprint density at radius 1 is 1.04 bits per heavy atom. The largest absolute Gasteiger partial charge is 0.347 e. The van der Waals surface area contributed by atoms with Crippen molar-refractivity contribution in [3.8, 4) is 0 Å². The first-order chi connectivity index (χ1) is 12.6. The number of hydrogen-bond donors (Lipinski definition) is 1. The number of nitrogens with one attached hydrogen (secondary N) is 1. The van der Waals surface area contributed by atoms with Crippen LogP contribution in [0.1, 0.15) is 16.8 Å². The summed E-state index contributed by atoms with van der Waals surface area (Å²) in [6, 6.07) is 18.9. The van der Waals surface area contributed by atoms with Crippen LogP contribution < -0.4 is 10.2 Å². The van der Waals surface area contributed by atoms with Crippen LogP contribution in [0, 0.1) is 5.82 Å². The molecular formula is C21H17FN2O2. The zero-order chi connectivity index (χ0) is 18.1. The average molecular weight is 348 g/mol. The Labute approximate surface area is 150 Å². The van der Waals surface area contributed by atoms with Gasteiger partial charge in [0, 0.05) is 24.2 Å². The highest BCUT2D eigenvalue weighted by Gasteiger charge is 2.32. The summed E-state index contributed by atoms with van der Waals surface area (Å²) in [5.41, 5.74) is 1.09. The molecule has 2 amide bonds. The molecule has 0 spiro atoms. The molecule has 1 aliphatic heterocycles. The summed E-state index contributed by atoms with van der Waals surface area (Å²) in [5.74, 6) is -0.724. The first-order valence-corrected chi connectivity index (χ1v) is 8.46. The molecule has 1 N–H and O–H groups in total. The predicted octanol–water partition coefficient (Wildman–Crippen LogP) is 3.51. The van der Waals surface area contributed by atoms with E-state index < -0.39 is 5.82 Å². The number of halogens is 1. The Balaban J connectivity index is 1.53. The maximum atomic E-state index is 13.4. The number of hydrogen-bond acceptors (Lipinski definition) is 2. The van der Waals surface area contributed by atoms with E-state index in [-0.39, 0.29) is 24.3 Å². The third kappa shape index (κ3) is 3.04. The summed E-state index contributed by atoms with van der Waals surface area (Å²) < 4.78 is 13.4. The molecule has 3 aromatic carbocycles. The van der Waals surface area contributed by atoms with Gasteiger partial charge in [-0.1, -0.05) is 42.5 Å². The molecule has 1 heterocycles. The average Bonchev–Trinajstić information content (AvgIpc) is 3.01. The molecule has 4 rings (SSSR count). The summed E-state index contributed by atoms with van der Waals surface area (Å²) in [5, 5.41) is 4.80. The molecule has 1 aliphatic rings. The van der Waals surface area contributed by atoms with Gasteiger partial charge in [-0.15, -0.1) is 0 Å². The molecule has 3 aromatic rings. The predicted molar refractivity (Wildman–Crippen MR) is 98.6 cm³/mol. The van der Waals surface area contributed by atoms with Gasteiger partial charge in [0.15, 0.2) is 0 Å². The van der Waals surface area contributed by atoms with Gasteiger partial charge in [-0.2, -0.15) is 0 Å². The van der Waals surface area contributed by atoms with Crippen LogP contribution in [-0.2, 0) is 4.79 Å². The second-order valence-corrected chi connectivity index (χ2v) is 6.39. The summed E-state index contributed by atoms with van der Waals surface area (Å²) in [4.78, 5) is 26.5. The topological polar surface area (TPSA) is 49.4 Å². The second-order valence-electron chi connectivity index (χ2n) is 6.39. The molecule has 0 aliphatic carbocycles. The molecule has 0 bridgehead atoms. The third-order valence-corrected chi connectivity index (χ3v) is 4.61. The fourth-order valence-electron chi connectivity index (χ4n) is 3.38. The minimum atomic E-state index is -0.390. The van der Waals surface area contributed by atoms with Crippen molar-refractivity contribution in [1.29, 1.82) is 0 Å². The van der Waals surface area contributed by atoms with Gasteiger partial charge in [0.25, 0.3) is 5.91 Å². The first kappa shape index (κ1) is 16.3. The molecule has 4 nitrogen and oxygen atoms in total. The Hall–Kier alpha value is -3.21. The minimum Gasteiger partial charge on any atom is -0.347 e. The summed E-state index contributed by atoms with van der Waals surface area (Å²) >= 11 is 0. The minimum absolute atomic E-state index is 0.126. The first-order valence-electron chi connectivity index (χ1n) is 8.46. The lowest BCUT2D eigenvalue weighted by Gasteiger charge is -2.17. The summed E-state index contributed by atoms with van der Waals surface area (Å²) in [7, 11) is 0. The van der Waals surface area contributed by atoms with Gasteiger partial charge in [0.1, 0.15) is 5.82 Å². The van der Waals surface area contributed by atoms with Gasteiger partial charge in [0.2, 0.25) is 5.91 Å². The summed E-state index contributed by atoms with van der Waals surface area (Å²) in [6.45, 7) is 0.332. The van der Waals surface area contributed by atoms with Crippen LogP contribution in [-0.4, -0.2) is 24.4 Å². The van der Waals surface area contributed by atoms with Gasteiger partial charge < -0.3 is 10.2 Å². The van der Waals surface area contributed by atoms with Gasteiger partial charge in [-0.05, 0) is 35.0 Å². The SMILES string of the molecule is O=C(N[C@@H]1CC(=O)N(c2cccc(F)c2)C1)c1cccc2ccccc12. The van der Waals surface area contributed by atoms with Gasteiger partial charge >= 0.3 is 0 Å². The highest BCUT2D eigenvalue weighted by molar-refractivity contribution is 6.07. The third-order valence-electron chi connectivity index (χ3n) is 4.61. The van der Waals surface area contributed by atoms with E-state index in [0.29, 0.717) is 17.8 Å². The number of rotatable bonds is 3. The smallest absolute Gasteiger partial charge is 0.252 e. The zero-order valence-electron chi connectivity index (χ0n) is 14.0. The summed E-state index contributed by atoms with van der Waals surface area (Å²) in [6.07, 6.45) is 0.201. The van der Waals surface area contributed by atoms with E-state index >= 15 is 0 Å². The highest BCUT2D eigenvalue weighted by Crippen LogP contribution is 2.23. The fraction of sp³-hybridized carbons (Fsp3) is 0.143. The van der Waals surface area contributed by atoms with E-state index in [0.717, 1.165) is 10.8 Å². The van der Waals surface area contributed by atoms with Gasteiger partial charge in [-0.25, -0.2) is 4.39 Å². The Bertz CT molecular complexity index is 997. The zero-order valence-corrected chi connectivity index (χ0v) is 14.0. The quantitative estimate of drug-likeness (QED) is 0.787. The van der Waals surface area contributed by atoms with E-state index in [1.165, 1.54) is 17.0 Å². The van der Waals surface area contributed by atoms with Gasteiger partial charge in [0.05, 0.1) is 6.04 Å². The van der Waals surface area contributed by atoms with Crippen molar-refractivity contribution in [2.75, 3.05) is 11.4 Å². The monoisotopic (exact) mass is 348 g/mol. The fourth-order valence-corrected chi connectivity index (χ4v) is 3.38. The Kier molecular flexibility index (Phi) is 4.13. The molecule has 0 saturated carbocycles. The highest BCUT2D eigenvalue weighted by atomic mass is 19.1. The van der Waals surface area contributed by atoms with Crippen LogP contribution in [0.5, 0.6) is 0 Å². The lowest BCUT2D eigenvalue weighted by atomic mass is 10.0. The normalized spacial score (nSPS) is 16.9. The number of nitrogens with zero attached hydrogens (tertiary/aromatic N) is 1. The molecular weight excluding hydrogens is 331 g/mol. The molecule has 0 aromatic heterocycles. The lowest BCUT2D eigenvalue weighted by molar-refractivity contribution is -0.117. The number of carbonyl (C=O) groups excluding carboxylic acids is 2.